The molecule has 1 fully saturated rings. The molecule has 10 heteroatoms. The van der Waals surface area contributed by atoms with Gasteiger partial charge in [-0.15, -0.1) is 11.3 Å². The van der Waals surface area contributed by atoms with Crippen LogP contribution in [0.4, 0.5) is 18.0 Å². The van der Waals surface area contributed by atoms with Crippen LogP contribution in [0.5, 0.6) is 5.75 Å². The van der Waals surface area contributed by atoms with Gasteiger partial charge >= 0.3 is 12.3 Å². The number of carbonyl (C=O) groups is 1. The van der Waals surface area contributed by atoms with Gasteiger partial charge in [0, 0.05) is 6.20 Å². The molecule has 0 bridgehead atoms. The van der Waals surface area contributed by atoms with Crippen LogP contribution in [-0.2, 0) is 27.6 Å². The highest BCUT2D eigenvalue weighted by Gasteiger charge is 2.55. The van der Waals surface area contributed by atoms with Gasteiger partial charge in [0.05, 0.1) is 23.7 Å². The number of thiazole rings is 1. The Morgan fingerprint density at radius 3 is 2.40 bits per heavy atom. The van der Waals surface area contributed by atoms with Crippen molar-refractivity contribution in [2.24, 2.45) is 0 Å². The fourth-order valence-corrected chi connectivity index (χ4v) is 6.26. The molecule has 43 heavy (non-hydrogen) atoms. The summed E-state index contributed by atoms with van der Waals surface area (Å²) in [7, 11) is 0. The summed E-state index contributed by atoms with van der Waals surface area (Å²) in [6, 6.07) is 14.3. The van der Waals surface area contributed by atoms with Gasteiger partial charge in [-0.2, -0.15) is 13.2 Å². The van der Waals surface area contributed by atoms with Gasteiger partial charge < -0.3 is 14.2 Å². The summed E-state index contributed by atoms with van der Waals surface area (Å²) >= 11 is 1.23. The van der Waals surface area contributed by atoms with Gasteiger partial charge in [-0.1, -0.05) is 43.2 Å². The number of hydrogen-bond donors (Lipinski definition) is 0. The first-order chi connectivity index (χ1) is 20.1. The number of rotatable bonds is 10. The Hall–Kier alpha value is -3.11. The molecule has 1 aliphatic rings. The number of aryl methyl sites for hydroxylation is 1. The van der Waals surface area contributed by atoms with Crippen molar-refractivity contribution in [1.29, 1.82) is 0 Å². The summed E-state index contributed by atoms with van der Waals surface area (Å²) in [5.74, 6) is -0.181. The minimum atomic E-state index is -4.59. The Bertz CT molecular complexity index is 1380. The van der Waals surface area contributed by atoms with E-state index in [-0.39, 0.29) is 19.0 Å². The maximum Gasteiger partial charge on any atom is 0.419 e. The first kappa shape index (κ1) is 32.8. The molecule has 0 aliphatic carbocycles. The number of carbonyl (C=O) groups excluding carboxylic acids is 1. The summed E-state index contributed by atoms with van der Waals surface area (Å²) in [4.78, 5) is 19.8. The van der Waals surface area contributed by atoms with E-state index in [0.717, 1.165) is 31.7 Å². The van der Waals surface area contributed by atoms with E-state index in [9.17, 15) is 18.0 Å². The Morgan fingerprint density at radius 1 is 1.02 bits per heavy atom. The Balaban J connectivity index is 1.44. The summed E-state index contributed by atoms with van der Waals surface area (Å²) in [5.41, 5.74) is -1.81. The monoisotopic (exact) mass is 618 g/mol. The van der Waals surface area contributed by atoms with Crippen LogP contribution >= 0.6 is 11.3 Å². The molecule has 0 N–H and O–H groups in total. The molecule has 3 aromatic rings. The molecule has 1 saturated heterocycles. The predicted octanol–water partition coefficient (Wildman–Crippen LogP) is 9.23. The average molecular weight is 619 g/mol. The number of nitrogens with zero attached hydrogens (tertiary/aromatic N) is 2. The highest BCUT2D eigenvalue weighted by molar-refractivity contribution is 7.15. The van der Waals surface area contributed by atoms with E-state index in [1.54, 1.807) is 40.7 Å². The minimum absolute atomic E-state index is 0.166. The third kappa shape index (κ3) is 8.09. The average Bonchev–Trinajstić information content (AvgIpc) is 3.50. The second-order valence-corrected chi connectivity index (χ2v) is 13.6. The summed E-state index contributed by atoms with van der Waals surface area (Å²) in [6.07, 6.45) is 0.972. The first-order valence-electron chi connectivity index (χ1n) is 14.6. The van der Waals surface area contributed by atoms with Crippen LogP contribution in [0.1, 0.15) is 83.4 Å². The van der Waals surface area contributed by atoms with Crippen LogP contribution in [0, 0.1) is 0 Å². The molecule has 0 radical (unpaired) electrons. The van der Waals surface area contributed by atoms with Crippen LogP contribution < -0.4 is 4.74 Å². The highest BCUT2D eigenvalue weighted by Crippen LogP contribution is 2.46. The number of alkyl halides is 3. The smallest absolute Gasteiger partial charge is 0.419 e. The minimum Gasteiger partial charge on any atom is -0.493 e. The van der Waals surface area contributed by atoms with Gasteiger partial charge in [0.25, 0.3) is 0 Å². The Labute approximate surface area is 256 Å². The van der Waals surface area contributed by atoms with Gasteiger partial charge in [0.2, 0.25) is 0 Å². The molecular formula is C33H41F3N2O4S. The topological polar surface area (TPSA) is 60.9 Å². The van der Waals surface area contributed by atoms with Crippen molar-refractivity contribution in [1.82, 2.24) is 9.88 Å². The zero-order valence-electron chi connectivity index (χ0n) is 25.7. The quantitative estimate of drug-likeness (QED) is 0.212. The van der Waals surface area contributed by atoms with Crippen molar-refractivity contribution in [3.05, 3.63) is 70.9 Å². The highest BCUT2D eigenvalue weighted by atomic mass is 32.1. The molecule has 4 rings (SSSR count). The summed E-state index contributed by atoms with van der Waals surface area (Å²) < 4.78 is 59.5. The Morgan fingerprint density at radius 2 is 1.72 bits per heavy atom. The number of aromatic nitrogens is 1. The van der Waals surface area contributed by atoms with Gasteiger partial charge in [-0.05, 0) is 90.1 Å². The molecule has 6 nitrogen and oxygen atoms in total. The van der Waals surface area contributed by atoms with Crippen LogP contribution in [0.25, 0.3) is 10.4 Å². The molecule has 2 aromatic carbocycles. The number of halogens is 3. The Kier molecular flexibility index (Phi) is 9.81. The van der Waals surface area contributed by atoms with Gasteiger partial charge in [-0.3, -0.25) is 4.90 Å². The molecule has 1 aromatic heterocycles. The lowest BCUT2D eigenvalue weighted by atomic mass is 10.0. The largest absolute Gasteiger partial charge is 0.493 e. The maximum atomic E-state index is 14.1. The van der Waals surface area contributed by atoms with Crippen LogP contribution in [0.2, 0.25) is 0 Å². The van der Waals surface area contributed by atoms with Crippen molar-refractivity contribution in [2.75, 3.05) is 13.2 Å². The van der Waals surface area contributed by atoms with E-state index in [0.29, 0.717) is 21.9 Å². The van der Waals surface area contributed by atoms with Crippen LogP contribution in [0.15, 0.2) is 54.7 Å². The molecule has 0 unspecified atom stereocenters. The lowest BCUT2D eigenvalue weighted by Gasteiger charge is -2.39. The van der Waals surface area contributed by atoms with Crippen LogP contribution in [-0.4, -0.2) is 40.5 Å². The van der Waals surface area contributed by atoms with E-state index in [2.05, 4.69) is 17.1 Å². The zero-order valence-corrected chi connectivity index (χ0v) is 26.5. The normalized spacial score (nSPS) is 18.6. The molecule has 0 spiro atoms. The van der Waals surface area contributed by atoms with Crippen molar-refractivity contribution in [3.63, 3.8) is 0 Å². The number of unbranched alkanes of at least 4 members (excludes halogenated alkanes) is 3. The lowest BCUT2D eigenvalue weighted by molar-refractivity contribution is -0.138. The fourth-order valence-electron chi connectivity index (χ4n) is 5.23. The summed E-state index contributed by atoms with van der Waals surface area (Å²) in [5, 5.41) is 0.542. The number of amides is 1. The van der Waals surface area contributed by atoms with Gasteiger partial charge in [0.15, 0.2) is 0 Å². The van der Waals surface area contributed by atoms with E-state index < -0.39 is 34.7 Å². The number of benzene rings is 2. The fraction of sp³-hybridized carbons (Fsp3) is 0.515. The maximum absolute atomic E-state index is 14.1. The predicted molar refractivity (Wildman–Crippen MR) is 162 cm³/mol. The summed E-state index contributed by atoms with van der Waals surface area (Å²) in [6.45, 7) is 11.1. The number of ether oxygens (including phenoxy) is 3. The van der Waals surface area contributed by atoms with Crippen LogP contribution in [0.3, 0.4) is 0 Å². The molecule has 2 heterocycles. The van der Waals surface area contributed by atoms with E-state index >= 15 is 0 Å². The van der Waals surface area contributed by atoms with Gasteiger partial charge in [-0.25, -0.2) is 9.78 Å². The van der Waals surface area contributed by atoms with Crippen molar-refractivity contribution in [3.8, 4) is 16.2 Å². The SMILES string of the molecule is CC(C)(C)OC(=O)N1C(C)(C)OC[C@@]1(C)c1ncc(-c2ccc(OCCCCCCc3ccccc3)c(C(F)(F)F)c2)s1. The van der Waals surface area contributed by atoms with Gasteiger partial charge in [0.1, 0.15) is 27.6 Å². The van der Waals surface area contributed by atoms with E-state index in [1.165, 1.54) is 34.1 Å². The molecule has 1 atom stereocenters. The first-order valence-corrected chi connectivity index (χ1v) is 15.4. The molecular weight excluding hydrogens is 577 g/mol. The molecule has 234 valence electrons. The second-order valence-electron chi connectivity index (χ2n) is 12.6. The second kappa shape index (κ2) is 12.9. The third-order valence-electron chi connectivity index (χ3n) is 7.31. The zero-order chi connectivity index (χ0) is 31.5. The van der Waals surface area contributed by atoms with Crippen molar-refractivity contribution >= 4 is 17.4 Å². The third-order valence-corrected chi connectivity index (χ3v) is 8.61. The van der Waals surface area contributed by atoms with E-state index in [4.69, 9.17) is 14.2 Å². The molecule has 1 aliphatic heterocycles. The lowest BCUT2D eigenvalue weighted by Crippen LogP contribution is -2.53. The van der Waals surface area contributed by atoms with Crippen molar-refractivity contribution < 1.29 is 32.2 Å². The van der Waals surface area contributed by atoms with Crippen molar-refractivity contribution in [2.45, 2.75) is 96.7 Å². The molecule has 1 amide bonds. The van der Waals surface area contributed by atoms with E-state index in [1.807, 2.05) is 25.1 Å². The number of hydrogen-bond acceptors (Lipinski definition) is 6. The molecule has 0 saturated carbocycles. The standard InChI is InChI=1S/C33H41F3N2O4S/c1-30(2,3)42-29(39)38-31(4,5)41-22-32(38,6)28-37-21-27(43-28)24-17-18-26(25(20-24)33(34,35)36)40-19-13-8-7-10-14-23-15-11-9-12-16-23/h9,11-12,15-18,20-21H,7-8,10,13-14,19,22H2,1-6H3/t32-/m0/s1.